The molecule has 12 heteroatoms. The maximum atomic E-state index is 11.4. The molecule has 120 valence electrons. The lowest BCUT2D eigenvalue weighted by Gasteiger charge is -2.20. The summed E-state index contributed by atoms with van der Waals surface area (Å²) in [4.78, 5) is 21.2. The minimum atomic E-state index is -4.23. The van der Waals surface area contributed by atoms with Crippen LogP contribution in [-0.4, -0.2) is 55.4 Å². The average molecular weight is 331 g/mol. The number of hydrogen-bond donors (Lipinski definition) is 3. The number of rotatable bonds is 4. The average Bonchev–Trinajstić information content (AvgIpc) is 3.05. The Labute approximate surface area is 124 Å². The van der Waals surface area contributed by atoms with Gasteiger partial charge in [-0.25, -0.2) is 19.5 Å². The van der Waals surface area contributed by atoms with Crippen molar-refractivity contribution in [2.24, 2.45) is 0 Å². The third-order valence-electron chi connectivity index (χ3n) is 3.26. The van der Waals surface area contributed by atoms with Crippen LogP contribution in [0.4, 0.5) is 5.82 Å². The van der Waals surface area contributed by atoms with Crippen molar-refractivity contribution >= 4 is 24.8 Å². The molecule has 1 aliphatic heterocycles. The molecule has 4 unspecified atom stereocenters. The van der Waals surface area contributed by atoms with Crippen LogP contribution >= 0.6 is 7.82 Å². The molecule has 1 fully saturated rings. The molecule has 3 rings (SSSR count). The van der Waals surface area contributed by atoms with Crippen molar-refractivity contribution in [1.29, 1.82) is 0 Å². The Hall–Kier alpha value is -1.62. The largest absolute Gasteiger partial charge is 0.472 e. The monoisotopic (exact) mass is 331 g/mol. The summed E-state index contributed by atoms with van der Waals surface area (Å²) in [5.41, 5.74) is 6.43. The highest BCUT2D eigenvalue weighted by atomic mass is 31.2. The molecule has 0 radical (unpaired) electrons. The van der Waals surface area contributed by atoms with Crippen LogP contribution in [0.15, 0.2) is 12.7 Å². The fraction of sp³-hybridized carbons (Fsp3) is 0.500. The van der Waals surface area contributed by atoms with Gasteiger partial charge < -0.3 is 20.5 Å². The maximum Gasteiger partial charge on any atom is 0.472 e. The van der Waals surface area contributed by atoms with Crippen LogP contribution in [0.1, 0.15) is 6.23 Å². The summed E-state index contributed by atoms with van der Waals surface area (Å²) in [5, 5.41) is 10.2. The number of nitrogen functional groups attached to an aromatic ring is 1. The number of aromatic nitrogens is 4. The predicted octanol–water partition coefficient (Wildman–Crippen LogP) is -0.570. The van der Waals surface area contributed by atoms with Crippen molar-refractivity contribution in [2.75, 3.05) is 19.5 Å². The van der Waals surface area contributed by atoms with E-state index in [0.29, 0.717) is 11.2 Å². The van der Waals surface area contributed by atoms with Crippen LogP contribution in [0.2, 0.25) is 0 Å². The standard InChI is InChI=1S/C10H14N5O6P/c1-19-22(17,18)21-5-2-20-10(7(5)16)15-4-14-6-8(11)12-3-13-9(6)15/h3-5,7,10,16H,2H2,1H3,(H,17,18)(H2,11,12,13). The van der Waals surface area contributed by atoms with Gasteiger partial charge in [0.05, 0.1) is 12.9 Å². The number of nitrogens with zero attached hydrogens (tertiary/aromatic N) is 4. The number of phosphoric ester groups is 1. The zero-order valence-corrected chi connectivity index (χ0v) is 12.3. The molecule has 4 atom stereocenters. The first-order chi connectivity index (χ1) is 10.4. The normalized spacial score (nSPS) is 28.0. The van der Waals surface area contributed by atoms with Gasteiger partial charge >= 0.3 is 7.82 Å². The molecular formula is C10H14N5O6P. The molecule has 0 aromatic carbocycles. The second kappa shape index (κ2) is 5.54. The van der Waals surface area contributed by atoms with Gasteiger partial charge in [-0.1, -0.05) is 0 Å². The molecule has 1 aliphatic rings. The SMILES string of the molecule is COP(=O)(O)OC1COC(n2cnc3c(N)ncnc32)C1O. The lowest BCUT2D eigenvalue weighted by atomic mass is 10.2. The van der Waals surface area contributed by atoms with Crippen molar-refractivity contribution in [1.82, 2.24) is 19.5 Å². The Morgan fingerprint density at radius 2 is 2.27 bits per heavy atom. The van der Waals surface area contributed by atoms with Crippen molar-refractivity contribution in [2.45, 2.75) is 18.4 Å². The molecule has 2 aromatic rings. The Balaban J connectivity index is 1.87. The van der Waals surface area contributed by atoms with Crippen molar-refractivity contribution < 1.29 is 28.3 Å². The van der Waals surface area contributed by atoms with Crippen LogP contribution in [0, 0.1) is 0 Å². The molecule has 0 spiro atoms. The third-order valence-corrected chi connectivity index (χ3v) is 4.26. The van der Waals surface area contributed by atoms with E-state index >= 15 is 0 Å². The van der Waals surface area contributed by atoms with Crippen LogP contribution in [0.5, 0.6) is 0 Å². The van der Waals surface area contributed by atoms with Crippen molar-refractivity contribution in [3.05, 3.63) is 12.7 Å². The van der Waals surface area contributed by atoms with E-state index in [-0.39, 0.29) is 12.4 Å². The Morgan fingerprint density at radius 1 is 1.50 bits per heavy atom. The van der Waals surface area contributed by atoms with Crippen molar-refractivity contribution in [3.8, 4) is 0 Å². The Kier molecular flexibility index (Phi) is 3.85. The number of ether oxygens (including phenoxy) is 1. The zero-order valence-electron chi connectivity index (χ0n) is 11.4. The van der Waals surface area contributed by atoms with Crippen molar-refractivity contribution in [3.63, 3.8) is 0 Å². The number of aliphatic hydroxyl groups excluding tert-OH is 1. The van der Waals surface area contributed by atoms with E-state index in [1.165, 1.54) is 17.2 Å². The first-order valence-electron chi connectivity index (χ1n) is 6.22. The molecular weight excluding hydrogens is 317 g/mol. The highest BCUT2D eigenvalue weighted by Gasteiger charge is 2.42. The summed E-state index contributed by atoms with van der Waals surface area (Å²) >= 11 is 0. The maximum absolute atomic E-state index is 11.4. The summed E-state index contributed by atoms with van der Waals surface area (Å²) in [7, 11) is -3.20. The molecule has 2 aromatic heterocycles. The second-order valence-corrected chi connectivity index (χ2v) is 6.11. The van der Waals surface area contributed by atoms with E-state index < -0.39 is 26.3 Å². The lowest BCUT2D eigenvalue weighted by molar-refractivity contribution is -0.0167. The van der Waals surface area contributed by atoms with Crippen LogP contribution in [0.25, 0.3) is 11.2 Å². The van der Waals surface area contributed by atoms with E-state index in [0.717, 1.165) is 7.11 Å². The van der Waals surface area contributed by atoms with Gasteiger partial charge in [-0.2, -0.15) is 0 Å². The minimum Gasteiger partial charge on any atom is -0.386 e. The highest BCUT2D eigenvalue weighted by Crippen LogP contribution is 2.46. The number of nitrogens with two attached hydrogens (primary N) is 1. The molecule has 0 aliphatic carbocycles. The molecule has 11 nitrogen and oxygen atoms in total. The first-order valence-corrected chi connectivity index (χ1v) is 7.72. The summed E-state index contributed by atoms with van der Waals surface area (Å²) in [6, 6.07) is 0. The Bertz CT molecular complexity index is 738. The smallest absolute Gasteiger partial charge is 0.386 e. The first kappa shape index (κ1) is 15.3. The number of fused-ring (bicyclic) bond motifs is 1. The van der Waals surface area contributed by atoms with E-state index in [4.69, 9.17) is 15.0 Å². The van der Waals surface area contributed by atoms with E-state index in [9.17, 15) is 14.6 Å². The highest BCUT2D eigenvalue weighted by molar-refractivity contribution is 7.47. The number of aliphatic hydroxyl groups is 1. The van der Waals surface area contributed by atoms with Gasteiger partial charge in [0, 0.05) is 7.11 Å². The summed E-state index contributed by atoms with van der Waals surface area (Å²) in [5.74, 6) is 0.197. The quantitative estimate of drug-likeness (QED) is 0.620. The zero-order chi connectivity index (χ0) is 15.9. The van der Waals surface area contributed by atoms with Crippen LogP contribution in [-0.2, 0) is 18.3 Å². The van der Waals surface area contributed by atoms with Gasteiger partial charge in [0.1, 0.15) is 24.1 Å². The molecule has 0 bridgehead atoms. The van der Waals surface area contributed by atoms with Crippen LogP contribution < -0.4 is 5.73 Å². The lowest BCUT2D eigenvalue weighted by Crippen LogP contribution is -2.30. The Morgan fingerprint density at radius 3 is 3.00 bits per heavy atom. The topological polar surface area (TPSA) is 155 Å². The number of phosphoric acid groups is 1. The summed E-state index contributed by atoms with van der Waals surface area (Å²) in [6.45, 7) is -0.0972. The summed E-state index contributed by atoms with van der Waals surface area (Å²) < 4.78 is 27.5. The fourth-order valence-electron chi connectivity index (χ4n) is 2.18. The van der Waals surface area contributed by atoms with Gasteiger partial charge in [-0.15, -0.1) is 0 Å². The van der Waals surface area contributed by atoms with E-state index in [2.05, 4.69) is 19.5 Å². The molecule has 22 heavy (non-hydrogen) atoms. The number of imidazole rings is 1. The second-order valence-electron chi connectivity index (χ2n) is 4.59. The number of hydrogen-bond acceptors (Lipinski definition) is 9. The van der Waals surface area contributed by atoms with Gasteiger partial charge in [-0.05, 0) is 0 Å². The molecule has 3 heterocycles. The third kappa shape index (κ3) is 2.58. The summed E-state index contributed by atoms with van der Waals surface area (Å²) in [6.07, 6.45) is -0.485. The molecule has 1 saturated heterocycles. The molecule has 0 saturated carbocycles. The molecule has 4 N–H and O–H groups in total. The van der Waals surface area contributed by atoms with Crippen LogP contribution in [0.3, 0.4) is 0 Å². The van der Waals surface area contributed by atoms with Gasteiger partial charge in [0.2, 0.25) is 0 Å². The fourth-order valence-corrected chi connectivity index (χ4v) is 2.80. The minimum absolute atomic E-state index is 0.0972. The number of anilines is 1. The van der Waals surface area contributed by atoms with Gasteiger partial charge in [-0.3, -0.25) is 13.6 Å². The predicted molar refractivity (Wildman–Crippen MR) is 72.4 cm³/mol. The molecule has 0 amide bonds. The van der Waals surface area contributed by atoms with E-state index in [1.54, 1.807) is 0 Å². The van der Waals surface area contributed by atoms with E-state index in [1.807, 2.05) is 0 Å². The van der Waals surface area contributed by atoms with Gasteiger partial charge in [0.25, 0.3) is 0 Å². The van der Waals surface area contributed by atoms with Gasteiger partial charge in [0.15, 0.2) is 17.7 Å².